The molecular formula is C24H24N6O6S. The smallest absolute Gasteiger partial charge is 0.294 e. The number of amides is 2. The van der Waals surface area contributed by atoms with Crippen molar-refractivity contribution in [1.29, 1.82) is 0 Å². The van der Waals surface area contributed by atoms with Crippen LogP contribution in [0.2, 0.25) is 0 Å². The lowest BCUT2D eigenvalue weighted by atomic mass is 10.2. The number of carbonyl (C=O) groups is 2. The summed E-state index contributed by atoms with van der Waals surface area (Å²) in [4.78, 5) is 23.5. The van der Waals surface area contributed by atoms with E-state index in [1.165, 1.54) is 31.4 Å². The van der Waals surface area contributed by atoms with Crippen LogP contribution in [-0.2, 0) is 24.4 Å². The van der Waals surface area contributed by atoms with Gasteiger partial charge in [-0.05, 0) is 66.7 Å². The van der Waals surface area contributed by atoms with Gasteiger partial charge in [-0.1, -0.05) is 6.92 Å². The van der Waals surface area contributed by atoms with E-state index in [0.29, 0.717) is 40.5 Å². The average Bonchev–Trinajstić information content (AvgIpc) is 2.87. The van der Waals surface area contributed by atoms with Crippen LogP contribution in [0.1, 0.15) is 13.3 Å². The van der Waals surface area contributed by atoms with Crippen LogP contribution in [0.5, 0.6) is 0 Å². The van der Waals surface area contributed by atoms with Gasteiger partial charge in [0.05, 0.1) is 27.6 Å². The molecule has 0 unspecified atom stereocenters. The van der Waals surface area contributed by atoms with Gasteiger partial charge in [0.1, 0.15) is 12.3 Å². The Morgan fingerprint density at radius 2 is 1.35 bits per heavy atom. The molecule has 13 heteroatoms. The predicted octanol–water partition coefficient (Wildman–Crippen LogP) is 5.70. The highest BCUT2D eigenvalue weighted by atomic mass is 32.2. The summed E-state index contributed by atoms with van der Waals surface area (Å²) in [6, 6.07) is 16.8. The second kappa shape index (κ2) is 12.6. The van der Waals surface area contributed by atoms with Gasteiger partial charge in [0.2, 0.25) is 11.8 Å². The van der Waals surface area contributed by atoms with Crippen LogP contribution in [0.4, 0.5) is 34.1 Å². The molecule has 37 heavy (non-hydrogen) atoms. The second-order valence-corrected chi connectivity index (χ2v) is 8.92. The highest BCUT2D eigenvalue weighted by Gasteiger charge is 2.10. The van der Waals surface area contributed by atoms with Crippen LogP contribution in [0.25, 0.3) is 0 Å². The van der Waals surface area contributed by atoms with Crippen molar-refractivity contribution in [3.05, 3.63) is 66.7 Å². The normalized spacial score (nSPS) is 11.6. The second-order valence-electron chi connectivity index (χ2n) is 7.50. The molecule has 0 aliphatic rings. The van der Waals surface area contributed by atoms with Crippen molar-refractivity contribution in [2.24, 2.45) is 20.5 Å². The maximum absolute atomic E-state index is 12.0. The Kier molecular flexibility index (Phi) is 9.27. The summed E-state index contributed by atoms with van der Waals surface area (Å²) in [7, 11) is -2.87. The molecule has 12 nitrogen and oxygen atoms in total. The molecule has 0 saturated heterocycles. The van der Waals surface area contributed by atoms with Gasteiger partial charge < -0.3 is 15.4 Å². The molecule has 2 amide bonds. The van der Waals surface area contributed by atoms with E-state index in [9.17, 15) is 18.0 Å². The highest BCUT2D eigenvalue weighted by molar-refractivity contribution is 7.85. The first kappa shape index (κ1) is 27.3. The van der Waals surface area contributed by atoms with Gasteiger partial charge in [0.15, 0.2) is 0 Å². The summed E-state index contributed by atoms with van der Waals surface area (Å²) in [6.45, 7) is 1.58. The van der Waals surface area contributed by atoms with E-state index in [4.69, 9.17) is 9.29 Å². The van der Waals surface area contributed by atoms with E-state index >= 15 is 0 Å². The van der Waals surface area contributed by atoms with Crippen LogP contribution in [0.3, 0.4) is 0 Å². The van der Waals surface area contributed by atoms with Gasteiger partial charge in [-0.2, -0.15) is 23.8 Å². The monoisotopic (exact) mass is 524 g/mol. The standard InChI is InChI=1S/C24H24N6O6S/c1-3-23(31)25-19-10-13-21(22(14-19)26-24(32)15-36-2)30-29-17-6-4-16(5-7-17)27-28-18-8-11-20(12-9-18)37(33,34)35/h4-14H,3,15H2,1-2H3,(H,25,31)(H,26,32)(H,33,34,35). The van der Waals surface area contributed by atoms with E-state index in [2.05, 4.69) is 31.1 Å². The molecule has 0 bridgehead atoms. The van der Waals surface area contributed by atoms with Crippen LogP contribution in [0.15, 0.2) is 92.1 Å². The van der Waals surface area contributed by atoms with Gasteiger partial charge in [0, 0.05) is 19.2 Å². The molecule has 0 aliphatic carbocycles. The number of azo groups is 2. The van der Waals surface area contributed by atoms with Gasteiger partial charge in [0.25, 0.3) is 10.1 Å². The molecule has 0 atom stereocenters. The summed E-state index contributed by atoms with van der Waals surface area (Å²) in [5, 5.41) is 21.9. The maximum Gasteiger partial charge on any atom is 0.294 e. The number of hydrogen-bond donors (Lipinski definition) is 3. The molecule has 0 radical (unpaired) electrons. The zero-order valence-electron chi connectivity index (χ0n) is 20.0. The van der Waals surface area contributed by atoms with Crippen molar-refractivity contribution in [2.75, 3.05) is 24.4 Å². The molecule has 192 valence electrons. The molecular weight excluding hydrogens is 500 g/mol. The summed E-state index contributed by atoms with van der Waals surface area (Å²) in [5.74, 6) is -0.559. The predicted molar refractivity (Wildman–Crippen MR) is 137 cm³/mol. The molecule has 0 aliphatic heterocycles. The van der Waals surface area contributed by atoms with E-state index < -0.39 is 10.1 Å². The minimum absolute atomic E-state index is 0.150. The number of anilines is 2. The zero-order chi connectivity index (χ0) is 26.8. The summed E-state index contributed by atoms with van der Waals surface area (Å²) in [5.41, 5.74) is 2.65. The number of methoxy groups -OCH3 is 1. The third-order valence-electron chi connectivity index (χ3n) is 4.69. The molecule has 3 aromatic carbocycles. The first-order valence-electron chi connectivity index (χ1n) is 10.9. The Morgan fingerprint density at radius 3 is 1.86 bits per heavy atom. The van der Waals surface area contributed by atoms with E-state index in [-0.39, 0.29) is 23.3 Å². The molecule has 3 rings (SSSR count). The fraction of sp³-hybridized carbons (Fsp3) is 0.167. The molecule has 3 N–H and O–H groups in total. The Bertz CT molecular complexity index is 1420. The lowest BCUT2D eigenvalue weighted by Gasteiger charge is -2.10. The third-order valence-corrected chi connectivity index (χ3v) is 5.56. The van der Waals surface area contributed by atoms with Crippen molar-refractivity contribution in [3.63, 3.8) is 0 Å². The molecule has 0 saturated carbocycles. The van der Waals surface area contributed by atoms with Crippen LogP contribution in [-0.4, -0.2) is 38.5 Å². The van der Waals surface area contributed by atoms with Crippen molar-refractivity contribution in [3.8, 4) is 0 Å². The summed E-state index contributed by atoms with van der Waals surface area (Å²) in [6.07, 6.45) is 0.308. The van der Waals surface area contributed by atoms with Crippen molar-refractivity contribution >= 4 is 56.1 Å². The fourth-order valence-electron chi connectivity index (χ4n) is 2.87. The zero-order valence-corrected chi connectivity index (χ0v) is 20.8. The Labute approximate surface area is 213 Å². The summed E-state index contributed by atoms with van der Waals surface area (Å²) >= 11 is 0. The molecule has 0 fully saturated rings. The topological polar surface area (TPSA) is 171 Å². The van der Waals surface area contributed by atoms with E-state index in [1.807, 2.05) is 0 Å². The maximum atomic E-state index is 12.0. The van der Waals surface area contributed by atoms with Crippen LogP contribution >= 0.6 is 0 Å². The number of rotatable bonds is 10. The number of nitrogens with one attached hydrogen (secondary N) is 2. The lowest BCUT2D eigenvalue weighted by molar-refractivity contribution is -0.119. The van der Waals surface area contributed by atoms with Gasteiger partial charge >= 0.3 is 0 Å². The molecule has 0 aromatic heterocycles. The average molecular weight is 525 g/mol. The largest absolute Gasteiger partial charge is 0.375 e. The Morgan fingerprint density at radius 1 is 0.811 bits per heavy atom. The number of nitrogens with zero attached hydrogens (tertiary/aromatic N) is 4. The summed E-state index contributed by atoms with van der Waals surface area (Å²) < 4.78 is 36.1. The molecule has 3 aromatic rings. The van der Waals surface area contributed by atoms with Crippen molar-refractivity contribution in [2.45, 2.75) is 18.2 Å². The SMILES string of the molecule is CCC(=O)Nc1ccc(N=Nc2ccc(N=Nc3ccc(S(=O)(=O)O)cc3)cc2)c(NC(=O)COC)c1. The Hall–Kier alpha value is -4.33. The van der Waals surface area contributed by atoms with Gasteiger partial charge in [-0.3, -0.25) is 14.1 Å². The number of hydrogen-bond acceptors (Lipinski definition) is 9. The minimum atomic E-state index is -4.27. The first-order chi connectivity index (χ1) is 17.7. The highest BCUT2D eigenvalue weighted by Crippen LogP contribution is 2.31. The van der Waals surface area contributed by atoms with Crippen LogP contribution in [0, 0.1) is 0 Å². The minimum Gasteiger partial charge on any atom is -0.375 e. The number of ether oxygens (including phenoxy) is 1. The lowest BCUT2D eigenvalue weighted by Crippen LogP contribution is -2.17. The van der Waals surface area contributed by atoms with Gasteiger partial charge in [-0.15, -0.1) is 5.11 Å². The van der Waals surface area contributed by atoms with Gasteiger partial charge in [-0.25, -0.2) is 0 Å². The van der Waals surface area contributed by atoms with Crippen molar-refractivity contribution in [1.82, 2.24) is 0 Å². The number of benzene rings is 3. The van der Waals surface area contributed by atoms with E-state index in [1.54, 1.807) is 49.4 Å². The van der Waals surface area contributed by atoms with E-state index in [0.717, 1.165) is 0 Å². The fourth-order valence-corrected chi connectivity index (χ4v) is 3.35. The molecule has 0 spiro atoms. The Balaban J connectivity index is 1.74. The third kappa shape index (κ3) is 8.38. The van der Waals surface area contributed by atoms with Crippen LogP contribution < -0.4 is 10.6 Å². The van der Waals surface area contributed by atoms with Crippen molar-refractivity contribution < 1.29 is 27.3 Å². The first-order valence-corrected chi connectivity index (χ1v) is 12.4. The quantitative estimate of drug-likeness (QED) is 0.227. The molecule has 0 heterocycles. The number of carbonyl (C=O) groups excluding carboxylic acids is 2.